The largest absolute Gasteiger partial charge is 0.469 e. The number of thiazole rings is 1. The van der Waals surface area contributed by atoms with Gasteiger partial charge >= 0.3 is 0 Å². The zero-order chi connectivity index (χ0) is 19.0. The quantitative estimate of drug-likeness (QED) is 0.524. The highest BCUT2D eigenvalue weighted by Gasteiger charge is 2.16. The Kier molecular flexibility index (Phi) is 7.00. The summed E-state index contributed by atoms with van der Waals surface area (Å²) in [6, 6.07) is 3.93. The summed E-state index contributed by atoms with van der Waals surface area (Å²) in [6.07, 6.45) is 11.0. The van der Waals surface area contributed by atoms with E-state index in [1.807, 2.05) is 23.5 Å². The van der Waals surface area contributed by atoms with Crippen LogP contribution in [0.1, 0.15) is 47.0 Å². The van der Waals surface area contributed by atoms with Gasteiger partial charge in [-0.3, -0.25) is 4.99 Å². The fourth-order valence-electron chi connectivity index (χ4n) is 3.71. The number of hydrogen-bond donors (Lipinski definition) is 2. The van der Waals surface area contributed by atoms with Crippen LogP contribution >= 0.6 is 11.3 Å². The average Bonchev–Trinajstić information content (AvgIpc) is 3.46. The minimum absolute atomic E-state index is 0.259. The van der Waals surface area contributed by atoms with Gasteiger partial charge in [0.25, 0.3) is 0 Å². The lowest BCUT2D eigenvalue weighted by molar-refractivity contribution is 0.117. The molecule has 0 spiro atoms. The van der Waals surface area contributed by atoms with Crippen LogP contribution in [0, 0.1) is 0 Å². The topological polar surface area (TPSA) is 71.7 Å². The molecule has 2 aromatic heterocycles. The second-order valence-corrected chi connectivity index (χ2v) is 8.61. The van der Waals surface area contributed by atoms with Crippen LogP contribution < -0.4 is 10.6 Å². The summed E-state index contributed by atoms with van der Waals surface area (Å²) in [4.78, 5) is 11.1. The first kappa shape index (κ1) is 19.5. The molecular weight excluding hydrogens is 372 g/mol. The minimum atomic E-state index is 0.259. The van der Waals surface area contributed by atoms with Gasteiger partial charge in [0.15, 0.2) is 5.96 Å². The molecule has 0 bridgehead atoms. The van der Waals surface area contributed by atoms with Crippen molar-refractivity contribution in [3.63, 3.8) is 0 Å². The van der Waals surface area contributed by atoms with Crippen molar-refractivity contribution in [1.29, 1.82) is 0 Å². The average molecular weight is 403 g/mol. The molecule has 1 fully saturated rings. The third-order valence-corrected chi connectivity index (χ3v) is 6.46. The Bertz CT molecular complexity index is 727. The molecule has 0 amide bonds. The van der Waals surface area contributed by atoms with Crippen molar-refractivity contribution in [2.45, 2.75) is 57.5 Å². The molecule has 3 heterocycles. The number of rotatable bonds is 8. The van der Waals surface area contributed by atoms with Gasteiger partial charge < -0.3 is 19.8 Å². The Morgan fingerprint density at radius 2 is 2.07 bits per heavy atom. The number of nitrogens with zero attached hydrogens (tertiary/aromatic N) is 2. The van der Waals surface area contributed by atoms with Crippen LogP contribution in [0.3, 0.4) is 0 Å². The summed E-state index contributed by atoms with van der Waals surface area (Å²) in [5, 5.41) is 8.14. The molecule has 1 atom stereocenters. The Morgan fingerprint density at radius 3 is 2.86 bits per heavy atom. The molecule has 7 heteroatoms. The summed E-state index contributed by atoms with van der Waals surface area (Å²) in [5.41, 5.74) is 1.34. The van der Waals surface area contributed by atoms with Crippen molar-refractivity contribution in [3.05, 3.63) is 39.7 Å². The van der Waals surface area contributed by atoms with Gasteiger partial charge in [-0.15, -0.1) is 11.3 Å². The van der Waals surface area contributed by atoms with Crippen molar-refractivity contribution in [2.75, 3.05) is 26.2 Å². The van der Waals surface area contributed by atoms with Crippen LogP contribution in [0.4, 0.5) is 0 Å². The predicted molar refractivity (Wildman–Crippen MR) is 112 cm³/mol. The fraction of sp³-hybridized carbons (Fsp3) is 0.619. The van der Waals surface area contributed by atoms with Gasteiger partial charge in [-0.2, -0.15) is 0 Å². The van der Waals surface area contributed by atoms with E-state index in [0.29, 0.717) is 6.54 Å². The molecule has 6 nitrogen and oxygen atoms in total. The number of nitrogens with one attached hydrogen (secondary N) is 2. The second-order valence-electron chi connectivity index (χ2n) is 7.44. The van der Waals surface area contributed by atoms with E-state index in [0.717, 1.165) is 63.5 Å². The molecule has 2 aromatic rings. The maximum Gasteiger partial charge on any atom is 0.191 e. The summed E-state index contributed by atoms with van der Waals surface area (Å²) in [5.74, 6) is 1.84. The molecular formula is C21H30N4O2S. The van der Waals surface area contributed by atoms with Gasteiger partial charge in [-0.1, -0.05) is 0 Å². The SMILES string of the molecule is c1coc(CCNC(=NCC2CCCO2)NCCc2nc3c(s2)CCCC3)c1. The van der Waals surface area contributed by atoms with E-state index in [1.165, 1.54) is 34.8 Å². The first-order valence-electron chi connectivity index (χ1n) is 10.5. The molecule has 2 aliphatic rings. The zero-order valence-corrected chi connectivity index (χ0v) is 17.2. The van der Waals surface area contributed by atoms with Crippen LogP contribution in [0.5, 0.6) is 0 Å². The third-order valence-electron chi connectivity index (χ3n) is 5.24. The van der Waals surface area contributed by atoms with E-state index in [1.54, 1.807) is 6.26 Å². The van der Waals surface area contributed by atoms with Crippen LogP contribution in [0.15, 0.2) is 27.8 Å². The monoisotopic (exact) mass is 402 g/mol. The molecule has 2 N–H and O–H groups in total. The number of fused-ring (bicyclic) bond motifs is 1. The number of aromatic nitrogens is 1. The van der Waals surface area contributed by atoms with Crippen LogP contribution in [-0.4, -0.2) is 43.3 Å². The Morgan fingerprint density at radius 1 is 1.18 bits per heavy atom. The fourth-order valence-corrected chi connectivity index (χ4v) is 4.87. The smallest absolute Gasteiger partial charge is 0.191 e. The van der Waals surface area contributed by atoms with Gasteiger partial charge in [0, 0.05) is 37.4 Å². The van der Waals surface area contributed by atoms with Crippen LogP contribution in [0.2, 0.25) is 0 Å². The minimum Gasteiger partial charge on any atom is -0.469 e. The lowest BCUT2D eigenvalue weighted by atomic mass is 10.0. The van der Waals surface area contributed by atoms with Crippen molar-refractivity contribution >= 4 is 17.3 Å². The lowest BCUT2D eigenvalue weighted by Crippen LogP contribution is -2.40. The van der Waals surface area contributed by atoms with E-state index in [2.05, 4.69) is 10.6 Å². The van der Waals surface area contributed by atoms with Gasteiger partial charge in [-0.25, -0.2) is 4.98 Å². The number of ether oxygens (including phenoxy) is 1. The highest BCUT2D eigenvalue weighted by Crippen LogP contribution is 2.26. The number of aliphatic imine (C=N–C) groups is 1. The first-order chi connectivity index (χ1) is 13.9. The normalized spacial score (nSPS) is 19.6. The maximum atomic E-state index is 5.70. The Labute approximate surface area is 170 Å². The Hall–Kier alpha value is -1.86. The molecule has 1 aliphatic carbocycles. The van der Waals surface area contributed by atoms with Gasteiger partial charge in [0.2, 0.25) is 0 Å². The third kappa shape index (κ3) is 5.58. The molecule has 4 rings (SSSR count). The summed E-state index contributed by atoms with van der Waals surface area (Å²) in [7, 11) is 0. The van der Waals surface area contributed by atoms with Crippen molar-refractivity contribution in [3.8, 4) is 0 Å². The van der Waals surface area contributed by atoms with Crippen LogP contribution in [-0.2, 0) is 30.4 Å². The molecule has 1 saturated heterocycles. The highest BCUT2D eigenvalue weighted by atomic mass is 32.1. The van der Waals surface area contributed by atoms with E-state index >= 15 is 0 Å². The van der Waals surface area contributed by atoms with Crippen molar-refractivity contribution in [2.24, 2.45) is 4.99 Å². The number of furan rings is 1. The zero-order valence-electron chi connectivity index (χ0n) is 16.4. The van der Waals surface area contributed by atoms with E-state index in [4.69, 9.17) is 19.1 Å². The van der Waals surface area contributed by atoms with Gasteiger partial charge in [-0.05, 0) is 50.7 Å². The summed E-state index contributed by atoms with van der Waals surface area (Å²) >= 11 is 1.89. The number of hydrogen-bond acceptors (Lipinski definition) is 5. The molecule has 0 saturated carbocycles. The molecule has 0 radical (unpaired) electrons. The summed E-state index contributed by atoms with van der Waals surface area (Å²) < 4.78 is 11.1. The Balaban J connectivity index is 1.27. The second kappa shape index (κ2) is 10.1. The summed E-state index contributed by atoms with van der Waals surface area (Å²) in [6.45, 7) is 3.20. The van der Waals surface area contributed by atoms with E-state index in [9.17, 15) is 0 Å². The molecule has 1 unspecified atom stereocenters. The maximum absolute atomic E-state index is 5.70. The van der Waals surface area contributed by atoms with Gasteiger partial charge in [0.05, 0.1) is 29.6 Å². The van der Waals surface area contributed by atoms with Gasteiger partial charge in [0.1, 0.15) is 5.76 Å². The number of guanidine groups is 1. The van der Waals surface area contributed by atoms with Crippen molar-refractivity contribution in [1.82, 2.24) is 15.6 Å². The molecule has 152 valence electrons. The van der Waals surface area contributed by atoms with Crippen molar-refractivity contribution < 1.29 is 9.15 Å². The molecule has 1 aliphatic heterocycles. The molecule has 0 aromatic carbocycles. The van der Waals surface area contributed by atoms with E-state index < -0.39 is 0 Å². The van der Waals surface area contributed by atoms with E-state index in [-0.39, 0.29) is 6.10 Å². The standard InChI is InChI=1S/C21H30N4O2S/c1-2-8-19-18(7-1)25-20(28-19)10-12-23-21(24-15-17-6-4-14-27-17)22-11-9-16-5-3-13-26-16/h3,5,13,17H,1-2,4,6-12,14-15H2,(H2,22,23,24). The first-order valence-corrected chi connectivity index (χ1v) is 11.3. The van der Waals surface area contributed by atoms with Crippen LogP contribution in [0.25, 0.3) is 0 Å². The predicted octanol–water partition coefficient (Wildman–Crippen LogP) is 3.11. The highest BCUT2D eigenvalue weighted by molar-refractivity contribution is 7.11. The number of aryl methyl sites for hydroxylation is 2. The lowest BCUT2D eigenvalue weighted by Gasteiger charge is -2.13. The molecule has 28 heavy (non-hydrogen) atoms.